The first-order valence-electron chi connectivity index (χ1n) is 6.61. The van der Waals surface area contributed by atoms with Gasteiger partial charge in [0, 0.05) is 6.92 Å². The van der Waals surface area contributed by atoms with Gasteiger partial charge in [0.1, 0.15) is 12.4 Å². The Bertz CT molecular complexity index is 413. The highest BCUT2D eigenvalue weighted by atomic mass is 19.1. The van der Waals surface area contributed by atoms with Crippen LogP contribution in [-0.4, -0.2) is 18.5 Å². The van der Waals surface area contributed by atoms with Crippen molar-refractivity contribution in [1.29, 1.82) is 0 Å². The zero-order valence-electron chi connectivity index (χ0n) is 11.0. The van der Waals surface area contributed by atoms with Crippen molar-refractivity contribution in [2.24, 2.45) is 4.99 Å². The van der Waals surface area contributed by atoms with E-state index in [9.17, 15) is 4.39 Å². The number of hydrogen-bond acceptors (Lipinski definition) is 2. The van der Waals surface area contributed by atoms with Crippen LogP contribution in [0.5, 0.6) is 0 Å². The normalized spacial score (nSPS) is 20.4. The smallest absolute Gasteiger partial charge is 0.180 e. The third-order valence-electron chi connectivity index (χ3n) is 3.53. The Morgan fingerprint density at radius 2 is 2.11 bits per heavy atom. The molecule has 0 bridgehead atoms. The lowest BCUT2D eigenvalue weighted by Gasteiger charge is -2.16. The Hall–Kier alpha value is -1.38. The SMILES string of the molecule is CCC(CCC1COC(C)=N1)c1ccc(F)cc1. The molecule has 1 aliphatic heterocycles. The van der Waals surface area contributed by atoms with E-state index in [0.29, 0.717) is 18.6 Å². The molecule has 0 saturated heterocycles. The maximum Gasteiger partial charge on any atom is 0.180 e. The summed E-state index contributed by atoms with van der Waals surface area (Å²) >= 11 is 0. The van der Waals surface area contributed by atoms with Gasteiger partial charge in [0.15, 0.2) is 5.90 Å². The van der Waals surface area contributed by atoms with Crippen LogP contribution in [0, 0.1) is 5.82 Å². The topological polar surface area (TPSA) is 21.6 Å². The van der Waals surface area contributed by atoms with E-state index in [4.69, 9.17) is 4.74 Å². The van der Waals surface area contributed by atoms with Crippen LogP contribution < -0.4 is 0 Å². The van der Waals surface area contributed by atoms with E-state index < -0.39 is 0 Å². The third kappa shape index (κ3) is 3.31. The zero-order chi connectivity index (χ0) is 13.0. The van der Waals surface area contributed by atoms with Gasteiger partial charge in [0.2, 0.25) is 0 Å². The molecule has 0 N–H and O–H groups in total. The number of nitrogens with zero attached hydrogens (tertiary/aromatic N) is 1. The molecule has 98 valence electrons. The van der Waals surface area contributed by atoms with Crippen molar-refractivity contribution in [3.63, 3.8) is 0 Å². The first-order chi connectivity index (χ1) is 8.69. The average molecular weight is 249 g/mol. The Kier molecular flexibility index (Phi) is 4.34. The monoisotopic (exact) mass is 249 g/mol. The molecule has 2 nitrogen and oxygen atoms in total. The van der Waals surface area contributed by atoms with Gasteiger partial charge >= 0.3 is 0 Å². The number of rotatable bonds is 5. The minimum Gasteiger partial charge on any atom is -0.479 e. The summed E-state index contributed by atoms with van der Waals surface area (Å²) in [7, 11) is 0. The molecule has 0 aliphatic carbocycles. The Balaban J connectivity index is 1.91. The van der Waals surface area contributed by atoms with Crippen molar-refractivity contribution in [2.45, 2.75) is 45.1 Å². The second kappa shape index (κ2) is 5.98. The second-order valence-electron chi connectivity index (χ2n) is 4.85. The minimum atomic E-state index is -0.168. The Morgan fingerprint density at radius 1 is 1.39 bits per heavy atom. The average Bonchev–Trinajstić information content (AvgIpc) is 2.78. The van der Waals surface area contributed by atoms with Gasteiger partial charge < -0.3 is 4.74 Å². The first kappa shape index (κ1) is 13.1. The molecule has 18 heavy (non-hydrogen) atoms. The highest BCUT2D eigenvalue weighted by Crippen LogP contribution is 2.26. The fraction of sp³-hybridized carbons (Fsp3) is 0.533. The van der Waals surface area contributed by atoms with E-state index in [2.05, 4.69) is 11.9 Å². The van der Waals surface area contributed by atoms with E-state index in [1.54, 1.807) is 12.1 Å². The van der Waals surface area contributed by atoms with E-state index in [-0.39, 0.29) is 5.82 Å². The van der Waals surface area contributed by atoms with Crippen LogP contribution in [0.4, 0.5) is 4.39 Å². The first-order valence-corrected chi connectivity index (χ1v) is 6.61. The van der Waals surface area contributed by atoms with Crippen molar-refractivity contribution in [1.82, 2.24) is 0 Å². The molecule has 0 aromatic heterocycles. The Morgan fingerprint density at radius 3 is 2.67 bits per heavy atom. The van der Waals surface area contributed by atoms with Crippen LogP contribution in [0.1, 0.15) is 44.6 Å². The van der Waals surface area contributed by atoms with E-state index in [0.717, 1.165) is 25.2 Å². The maximum atomic E-state index is 12.9. The molecule has 0 radical (unpaired) electrons. The van der Waals surface area contributed by atoms with Gasteiger partial charge in [-0.3, -0.25) is 0 Å². The zero-order valence-corrected chi connectivity index (χ0v) is 11.0. The predicted molar refractivity (Wildman–Crippen MR) is 71.5 cm³/mol. The summed E-state index contributed by atoms with van der Waals surface area (Å²) in [5.41, 5.74) is 1.22. The lowest BCUT2D eigenvalue weighted by Crippen LogP contribution is -2.09. The van der Waals surface area contributed by atoms with Crippen LogP contribution in [0.25, 0.3) is 0 Å². The van der Waals surface area contributed by atoms with E-state index in [1.165, 1.54) is 5.56 Å². The maximum absolute atomic E-state index is 12.9. The number of hydrogen-bond donors (Lipinski definition) is 0. The quantitative estimate of drug-likeness (QED) is 0.775. The van der Waals surface area contributed by atoms with Gasteiger partial charge in [-0.15, -0.1) is 0 Å². The summed E-state index contributed by atoms with van der Waals surface area (Å²) in [6.45, 7) is 4.79. The fourth-order valence-electron chi connectivity index (χ4n) is 2.43. The molecule has 1 aliphatic rings. The molecule has 0 fully saturated rings. The molecule has 2 atom stereocenters. The Labute approximate surface area is 108 Å². The largest absolute Gasteiger partial charge is 0.479 e. The summed E-state index contributed by atoms with van der Waals surface area (Å²) < 4.78 is 18.2. The molecule has 0 spiro atoms. The number of aliphatic imine (C=N–C) groups is 1. The third-order valence-corrected chi connectivity index (χ3v) is 3.53. The van der Waals surface area contributed by atoms with Crippen molar-refractivity contribution >= 4 is 5.90 Å². The standard InChI is InChI=1S/C15H20FNO/c1-3-12(13-4-7-14(16)8-5-13)6-9-15-10-18-11(2)17-15/h4-5,7-8,12,15H,3,6,9-10H2,1-2H3. The molecule has 1 heterocycles. The van der Waals surface area contributed by atoms with Gasteiger partial charge in [-0.05, 0) is 42.9 Å². The van der Waals surface area contributed by atoms with Crippen LogP contribution in [-0.2, 0) is 4.74 Å². The lowest BCUT2D eigenvalue weighted by molar-refractivity contribution is 0.305. The molecule has 2 rings (SSSR count). The summed E-state index contributed by atoms with van der Waals surface area (Å²) in [5.74, 6) is 1.12. The van der Waals surface area contributed by atoms with Crippen molar-refractivity contribution in [2.75, 3.05) is 6.61 Å². The van der Waals surface area contributed by atoms with E-state index >= 15 is 0 Å². The van der Waals surface area contributed by atoms with Gasteiger partial charge in [-0.25, -0.2) is 9.38 Å². The molecule has 2 unspecified atom stereocenters. The summed E-state index contributed by atoms with van der Waals surface area (Å²) in [6, 6.07) is 7.17. The highest BCUT2D eigenvalue weighted by molar-refractivity contribution is 5.74. The molecular weight excluding hydrogens is 229 g/mol. The van der Waals surface area contributed by atoms with Gasteiger partial charge in [-0.2, -0.15) is 0 Å². The number of benzene rings is 1. The number of halogens is 1. The summed E-state index contributed by atoms with van der Waals surface area (Å²) in [6.07, 6.45) is 3.18. The predicted octanol–water partition coefficient (Wildman–Crippen LogP) is 3.92. The fourth-order valence-corrected chi connectivity index (χ4v) is 2.43. The highest BCUT2D eigenvalue weighted by Gasteiger charge is 2.18. The van der Waals surface area contributed by atoms with Crippen molar-refractivity contribution in [3.8, 4) is 0 Å². The molecule has 1 aromatic rings. The molecule has 3 heteroatoms. The van der Waals surface area contributed by atoms with Crippen LogP contribution in [0.15, 0.2) is 29.3 Å². The van der Waals surface area contributed by atoms with Gasteiger partial charge in [0.25, 0.3) is 0 Å². The van der Waals surface area contributed by atoms with Crippen LogP contribution >= 0.6 is 0 Å². The molecule has 0 saturated carbocycles. The minimum absolute atomic E-state index is 0.168. The van der Waals surface area contributed by atoms with Crippen LogP contribution in [0.2, 0.25) is 0 Å². The van der Waals surface area contributed by atoms with Crippen molar-refractivity contribution < 1.29 is 9.13 Å². The van der Waals surface area contributed by atoms with E-state index in [1.807, 2.05) is 19.1 Å². The number of ether oxygens (including phenoxy) is 1. The van der Waals surface area contributed by atoms with Crippen LogP contribution in [0.3, 0.4) is 0 Å². The second-order valence-corrected chi connectivity index (χ2v) is 4.85. The molecule has 1 aromatic carbocycles. The molecule has 0 amide bonds. The summed E-state index contributed by atoms with van der Waals surface area (Å²) in [4.78, 5) is 4.44. The molecular formula is C15H20FNO. The van der Waals surface area contributed by atoms with Crippen molar-refractivity contribution in [3.05, 3.63) is 35.6 Å². The van der Waals surface area contributed by atoms with Gasteiger partial charge in [-0.1, -0.05) is 19.1 Å². The lowest BCUT2D eigenvalue weighted by atomic mass is 9.90. The summed E-state index contributed by atoms with van der Waals surface area (Å²) in [5, 5.41) is 0. The van der Waals surface area contributed by atoms with Gasteiger partial charge in [0.05, 0.1) is 6.04 Å².